The third-order valence-electron chi connectivity index (χ3n) is 3.41. The van der Waals surface area contributed by atoms with E-state index >= 15 is 0 Å². The zero-order chi connectivity index (χ0) is 15.8. The fourth-order valence-electron chi connectivity index (χ4n) is 2.07. The predicted octanol–water partition coefficient (Wildman–Crippen LogP) is 2.65. The van der Waals surface area contributed by atoms with Crippen LogP contribution in [0.3, 0.4) is 0 Å². The first-order valence-electron chi connectivity index (χ1n) is 7.46. The first-order valence-corrected chi connectivity index (χ1v) is 7.46. The molecule has 0 saturated heterocycles. The fourth-order valence-corrected chi connectivity index (χ4v) is 2.07. The van der Waals surface area contributed by atoms with Crippen LogP contribution >= 0.6 is 0 Å². The summed E-state index contributed by atoms with van der Waals surface area (Å²) in [6.45, 7) is 3.67. The van der Waals surface area contributed by atoms with Crippen molar-refractivity contribution in [2.24, 2.45) is 5.73 Å². The second-order valence-electron chi connectivity index (χ2n) is 5.12. The van der Waals surface area contributed by atoms with Crippen LogP contribution in [-0.4, -0.2) is 19.1 Å². The van der Waals surface area contributed by atoms with Crippen LogP contribution in [0.5, 0.6) is 5.75 Å². The van der Waals surface area contributed by atoms with Crippen LogP contribution in [0.1, 0.15) is 27.9 Å². The molecule has 0 aliphatic heterocycles. The van der Waals surface area contributed by atoms with Gasteiger partial charge in [-0.15, -0.1) is 0 Å². The molecule has 4 nitrogen and oxygen atoms in total. The minimum atomic E-state index is -0.0699. The highest BCUT2D eigenvalue weighted by molar-refractivity contribution is 5.94. The van der Waals surface area contributed by atoms with Crippen LogP contribution in [-0.2, 0) is 6.54 Å². The Kier molecular flexibility index (Phi) is 5.98. The zero-order valence-corrected chi connectivity index (χ0v) is 12.8. The number of hydrogen-bond donors (Lipinski definition) is 2. The van der Waals surface area contributed by atoms with E-state index in [1.54, 1.807) is 12.1 Å². The Morgan fingerprint density at radius 3 is 2.55 bits per heavy atom. The molecule has 0 spiro atoms. The number of para-hydroxylation sites is 1. The minimum Gasteiger partial charge on any atom is -0.493 e. The van der Waals surface area contributed by atoms with Crippen LogP contribution < -0.4 is 15.8 Å². The second-order valence-corrected chi connectivity index (χ2v) is 5.12. The Balaban J connectivity index is 1.70. The van der Waals surface area contributed by atoms with Crippen molar-refractivity contribution in [3.8, 4) is 5.75 Å². The van der Waals surface area contributed by atoms with Crippen LogP contribution in [0, 0.1) is 6.92 Å². The largest absolute Gasteiger partial charge is 0.493 e. The van der Waals surface area contributed by atoms with Crippen molar-refractivity contribution >= 4 is 5.91 Å². The van der Waals surface area contributed by atoms with E-state index in [-0.39, 0.29) is 5.91 Å². The summed E-state index contributed by atoms with van der Waals surface area (Å²) in [4.78, 5) is 11.9. The van der Waals surface area contributed by atoms with Crippen molar-refractivity contribution in [3.05, 3.63) is 65.2 Å². The smallest absolute Gasteiger partial charge is 0.251 e. The molecule has 0 aliphatic rings. The monoisotopic (exact) mass is 298 g/mol. The number of nitrogens with one attached hydrogen (secondary N) is 1. The van der Waals surface area contributed by atoms with Gasteiger partial charge in [0, 0.05) is 18.7 Å². The first kappa shape index (κ1) is 16.0. The molecule has 0 atom stereocenters. The Morgan fingerprint density at radius 1 is 1.14 bits per heavy atom. The van der Waals surface area contributed by atoms with Crippen LogP contribution in [0.15, 0.2) is 48.5 Å². The number of carbonyl (C=O) groups excluding carboxylic acids is 1. The number of benzene rings is 2. The van der Waals surface area contributed by atoms with E-state index in [0.717, 1.165) is 23.3 Å². The van der Waals surface area contributed by atoms with Crippen molar-refractivity contribution < 1.29 is 9.53 Å². The standard InChI is InChI=1S/C18H22N2O2/c1-14-5-2-3-6-17(14)22-12-4-11-20-18(21)16-9-7-15(13-19)8-10-16/h2-3,5-10H,4,11-13,19H2,1H3,(H,20,21). The van der Waals surface area contributed by atoms with E-state index in [1.165, 1.54) is 0 Å². The molecule has 3 N–H and O–H groups in total. The van der Waals surface area contributed by atoms with Gasteiger partial charge in [-0.05, 0) is 42.7 Å². The number of ether oxygens (including phenoxy) is 1. The highest BCUT2D eigenvalue weighted by atomic mass is 16.5. The molecule has 0 saturated carbocycles. The molecule has 22 heavy (non-hydrogen) atoms. The average Bonchev–Trinajstić information content (AvgIpc) is 2.56. The van der Waals surface area contributed by atoms with Crippen LogP contribution in [0.2, 0.25) is 0 Å². The topological polar surface area (TPSA) is 64.3 Å². The van der Waals surface area contributed by atoms with E-state index in [4.69, 9.17) is 10.5 Å². The maximum Gasteiger partial charge on any atom is 0.251 e. The molecular weight excluding hydrogens is 276 g/mol. The lowest BCUT2D eigenvalue weighted by Gasteiger charge is -2.09. The highest BCUT2D eigenvalue weighted by Crippen LogP contribution is 2.16. The van der Waals surface area contributed by atoms with Crippen LogP contribution in [0.4, 0.5) is 0 Å². The summed E-state index contributed by atoms with van der Waals surface area (Å²) in [6, 6.07) is 15.2. The van der Waals surface area contributed by atoms with Gasteiger partial charge in [-0.2, -0.15) is 0 Å². The SMILES string of the molecule is Cc1ccccc1OCCCNC(=O)c1ccc(CN)cc1. The molecule has 0 aliphatic carbocycles. The molecule has 2 aromatic rings. The lowest BCUT2D eigenvalue weighted by atomic mass is 10.1. The number of rotatable bonds is 7. The van der Waals surface area contributed by atoms with E-state index in [0.29, 0.717) is 25.3 Å². The molecule has 2 aromatic carbocycles. The van der Waals surface area contributed by atoms with Crippen molar-refractivity contribution in [2.75, 3.05) is 13.2 Å². The lowest BCUT2D eigenvalue weighted by Crippen LogP contribution is -2.25. The summed E-state index contributed by atoms with van der Waals surface area (Å²) < 4.78 is 5.69. The Morgan fingerprint density at radius 2 is 1.86 bits per heavy atom. The van der Waals surface area contributed by atoms with Crippen molar-refractivity contribution in [3.63, 3.8) is 0 Å². The molecule has 4 heteroatoms. The molecule has 0 aromatic heterocycles. The molecule has 0 heterocycles. The second kappa shape index (κ2) is 8.20. The summed E-state index contributed by atoms with van der Waals surface area (Å²) in [5.41, 5.74) is 8.32. The summed E-state index contributed by atoms with van der Waals surface area (Å²) in [5.74, 6) is 0.825. The van der Waals surface area contributed by atoms with Gasteiger partial charge in [0.25, 0.3) is 5.91 Å². The predicted molar refractivity (Wildman–Crippen MR) is 88.0 cm³/mol. The van der Waals surface area contributed by atoms with E-state index in [9.17, 15) is 4.79 Å². The number of hydrogen-bond acceptors (Lipinski definition) is 3. The molecule has 0 bridgehead atoms. The van der Waals surface area contributed by atoms with Gasteiger partial charge in [0.2, 0.25) is 0 Å². The number of carbonyl (C=O) groups is 1. The third-order valence-corrected chi connectivity index (χ3v) is 3.41. The summed E-state index contributed by atoms with van der Waals surface area (Å²) in [7, 11) is 0. The molecule has 0 unspecified atom stereocenters. The van der Waals surface area contributed by atoms with Gasteiger partial charge in [-0.3, -0.25) is 4.79 Å². The molecule has 116 valence electrons. The molecule has 0 radical (unpaired) electrons. The maximum atomic E-state index is 11.9. The molecule has 1 amide bonds. The Bertz CT molecular complexity index is 609. The third kappa shape index (κ3) is 4.60. The van der Waals surface area contributed by atoms with Gasteiger partial charge in [0.15, 0.2) is 0 Å². The Hall–Kier alpha value is -2.33. The summed E-state index contributed by atoms with van der Waals surface area (Å²) in [6.07, 6.45) is 0.765. The average molecular weight is 298 g/mol. The molecule has 2 rings (SSSR count). The lowest BCUT2D eigenvalue weighted by molar-refractivity contribution is 0.0951. The van der Waals surface area contributed by atoms with Crippen molar-refractivity contribution in [2.45, 2.75) is 19.9 Å². The fraction of sp³-hybridized carbons (Fsp3) is 0.278. The van der Waals surface area contributed by atoms with Gasteiger partial charge in [-0.1, -0.05) is 30.3 Å². The molecular formula is C18H22N2O2. The summed E-state index contributed by atoms with van der Waals surface area (Å²) in [5, 5.41) is 2.89. The minimum absolute atomic E-state index is 0.0699. The van der Waals surface area contributed by atoms with Crippen LogP contribution in [0.25, 0.3) is 0 Å². The number of nitrogens with two attached hydrogens (primary N) is 1. The Labute approximate surface area is 131 Å². The van der Waals surface area contributed by atoms with E-state index in [2.05, 4.69) is 5.32 Å². The van der Waals surface area contributed by atoms with Gasteiger partial charge in [0.05, 0.1) is 6.61 Å². The van der Waals surface area contributed by atoms with Gasteiger partial charge >= 0.3 is 0 Å². The number of amides is 1. The van der Waals surface area contributed by atoms with E-state index < -0.39 is 0 Å². The van der Waals surface area contributed by atoms with E-state index in [1.807, 2.05) is 43.3 Å². The van der Waals surface area contributed by atoms with Crippen molar-refractivity contribution in [1.29, 1.82) is 0 Å². The maximum absolute atomic E-state index is 11.9. The quantitative estimate of drug-likeness (QED) is 0.772. The number of aryl methyl sites for hydroxylation is 1. The van der Waals surface area contributed by atoms with Gasteiger partial charge in [-0.25, -0.2) is 0 Å². The van der Waals surface area contributed by atoms with Gasteiger partial charge < -0.3 is 15.8 Å². The van der Waals surface area contributed by atoms with Crippen molar-refractivity contribution in [1.82, 2.24) is 5.32 Å². The highest BCUT2D eigenvalue weighted by Gasteiger charge is 2.04. The zero-order valence-electron chi connectivity index (χ0n) is 12.8. The normalized spacial score (nSPS) is 10.3. The van der Waals surface area contributed by atoms with Gasteiger partial charge in [0.1, 0.15) is 5.75 Å². The molecule has 0 fully saturated rings. The summed E-state index contributed by atoms with van der Waals surface area (Å²) >= 11 is 0. The first-order chi connectivity index (χ1) is 10.7.